The van der Waals surface area contributed by atoms with E-state index in [1.54, 1.807) is 16.7 Å². The summed E-state index contributed by atoms with van der Waals surface area (Å²) in [5.74, 6) is 0. The van der Waals surface area contributed by atoms with Crippen LogP contribution in [-0.4, -0.2) is 4.57 Å². The fourth-order valence-corrected chi connectivity index (χ4v) is 4.68. The molecule has 0 spiro atoms. The third kappa shape index (κ3) is 2.18. The second-order valence-corrected chi connectivity index (χ2v) is 7.82. The molecule has 0 fully saturated rings. The van der Waals surface area contributed by atoms with Crippen molar-refractivity contribution in [1.29, 1.82) is 0 Å². The quantitative estimate of drug-likeness (QED) is 0.259. The van der Waals surface area contributed by atoms with Crippen molar-refractivity contribution >= 4 is 65.7 Å². The molecule has 0 saturated carbocycles. The standard InChI is InChI=1S/C30H17NO2/c1-4-10-25-19(7-1)22-14-15-23-20-8-2-6-12-27(20)33-30(23)29(22)31(25)18-13-16-28-24(17-18)21-9-3-5-11-26(21)32-28/h1-17H/i1D,2D,4D,6D,7D,8D,10D,12D,14D,15D. The van der Waals surface area contributed by atoms with Gasteiger partial charge >= 0.3 is 0 Å². The molecule has 8 aromatic rings. The highest BCUT2D eigenvalue weighted by Gasteiger charge is 2.19. The third-order valence-corrected chi connectivity index (χ3v) is 6.08. The van der Waals surface area contributed by atoms with E-state index in [0.29, 0.717) is 16.9 Å². The maximum Gasteiger partial charge on any atom is 0.160 e. The number of hydrogen-bond donors (Lipinski definition) is 0. The van der Waals surface area contributed by atoms with Crippen LogP contribution in [0.1, 0.15) is 13.7 Å². The van der Waals surface area contributed by atoms with Crippen molar-refractivity contribution in [1.82, 2.24) is 4.57 Å². The molecule has 3 nitrogen and oxygen atoms in total. The zero-order chi connectivity index (χ0) is 30.2. The topological polar surface area (TPSA) is 31.2 Å². The van der Waals surface area contributed by atoms with Crippen molar-refractivity contribution in [2.24, 2.45) is 0 Å². The SMILES string of the molecule is [2H]c1c([2H])c([2H])c2c(oc3c2c([2H])c([2H])c2c4c([2H])c([2H])c([2H])c([2H])c4n(-c4ccc5oc6ccccc6c5c4)c32)c1[2H]. The minimum absolute atomic E-state index is 0.00588. The molecule has 0 saturated heterocycles. The van der Waals surface area contributed by atoms with Gasteiger partial charge in [-0.15, -0.1) is 0 Å². The Morgan fingerprint density at radius 1 is 0.576 bits per heavy atom. The molecule has 154 valence electrons. The van der Waals surface area contributed by atoms with Gasteiger partial charge in [0, 0.05) is 38.0 Å². The summed E-state index contributed by atoms with van der Waals surface area (Å²) in [6.45, 7) is 0. The molecule has 0 radical (unpaired) electrons. The summed E-state index contributed by atoms with van der Waals surface area (Å²) in [7, 11) is 0. The summed E-state index contributed by atoms with van der Waals surface area (Å²) in [6.07, 6.45) is 0. The van der Waals surface area contributed by atoms with Crippen LogP contribution in [0.4, 0.5) is 0 Å². The molecular formula is C30H17NO2. The lowest BCUT2D eigenvalue weighted by Gasteiger charge is -2.08. The van der Waals surface area contributed by atoms with E-state index in [1.807, 2.05) is 30.3 Å². The Bertz CT molecular complexity index is 2580. The summed E-state index contributed by atoms with van der Waals surface area (Å²) in [5.41, 5.74) is 1.72. The van der Waals surface area contributed by atoms with E-state index in [9.17, 15) is 0 Å². The Labute approximate surface area is 202 Å². The number of fused-ring (bicyclic) bond motifs is 10. The van der Waals surface area contributed by atoms with Crippen LogP contribution in [0, 0.1) is 0 Å². The van der Waals surface area contributed by atoms with Crippen molar-refractivity contribution < 1.29 is 22.5 Å². The molecule has 0 atom stereocenters. The van der Waals surface area contributed by atoms with Crippen LogP contribution in [0.15, 0.2) is 112 Å². The summed E-state index contributed by atoms with van der Waals surface area (Å²) in [4.78, 5) is 0. The minimum atomic E-state index is -0.511. The molecule has 0 bridgehead atoms. The number of benzene rings is 5. The van der Waals surface area contributed by atoms with Gasteiger partial charge in [-0.3, -0.25) is 0 Å². The zero-order valence-electron chi connectivity index (χ0n) is 26.8. The van der Waals surface area contributed by atoms with Gasteiger partial charge in [0.15, 0.2) is 5.58 Å². The molecule has 33 heavy (non-hydrogen) atoms. The van der Waals surface area contributed by atoms with Crippen LogP contribution >= 0.6 is 0 Å². The minimum Gasteiger partial charge on any atom is -0.456 e. The number of aromatic nitrogens is 1. The van der Waals surface area contributed by atoms with Crippen LogP contribution in [0.2, 0.25) is 0 Å². The molecule has 3 heterocycles. The first-order valence-corrected chi connectivity index (χ1v) is 10.3. The van der Waals surface area contributed by atoms with Gasteiger partial charge in [-0.2, -0.15) is 0 Å². The Morgan fingerprint density at radius 3 is 2.33 bits per heavy atom. The summed E-state index contributed by atoms with van der Waals surface area (Å²) >= 11 is 0. The van der Waals surface area contributed by atoms with Gasteiger partial charge in [0.25, 0.3) is 0 Å². The molecule has 3 aromatic heterocycles. The second kappa shape index (κ2) is 6.05. The molecule has 0 unspecified atom stereocenters. The maximum atomic E-state index is 9.07. The van der Waals surface area contributed by atoms with Crippen molar-refractivity contribution in [2.75, 3.05) is 0 Å². The van der Waals surface area contributed by atoms with Gasteiger partial charge in [0.2, 0.25) is 0 Å². The number of furan rings is 2. The van der Waals surface area contributed by atoms with Gasteiger partial charge in [-0.1, -0.05) is 60.5 Å². The van der Waals surface area contributed by atoms with Gasteiger partial charge in [0.1, 0.15) is 16.7 Å². The van der Waals surface area contributed by atoms with Crippen LogP contribution in [0.5, 0.6) is 0 Å². The lowest BCUT2D eigenvalue weighted by Crippen LogP contribution is -1.93. The fraction of sp³-hybridized carbons (Fsp3) is 0. The molecule has 0 aliphatic heterocycles. The number of nitrogens with zero attached hydrogens (tertiary/aromatic N) is 1. The van der Waals surface area contributed by atoms with Crippen LogP contribution in [-0.2, 0) is 0 Å². The van der Waals surface area contributed by atoms with Gasteiger partial charge in [-0.05, 0) is 42.4 Å². The Hall–Kier alpha value is -4.50. The average molecular weight is 434 g/mol. The first-order chi connectivity index (χ1) is 20.5. The van der Waals surface area contributed by atoms with Crippen molar-refractivity contribution in [3.05, 3.63) is 103 Å². The van der Waals surface area contributed by atoms with E-state index in [1.165, 1.54) is 0 Å². The highest BCUT2D eigenvalue weighted by Crippen LogP contribution is 2.41. The van der Waals surface area contributed by atoms with Crippen LogP contribution < -0.4 is 0 Å². The number of hydrogen-bond acceptors (Lipinski definition) is 2. The number of rotatable bonds is 1. The summed E-state index contributed by atoms with van der Waals surface area (Å²) in [6, 6.07) is 8.40. The molecule has 0 aliphatic rings. The van der Waals surface area contributed by atoms with Crippen molar-refractivity contribution in [3.8, 4) is 5.69 Å². The molecule has 3 heteroatoms. The fourth-order valence-electron chi connectivity index (χ4n) is 4.68. The Kier molecular flexibility index (Phi) is 1.91. The normalized spacial score (nSPS) is 16.5. The average Bonchev–Trinajstić information content (AvgIpc) is 3.69. The van der Waals surface area contributed by atoms with E-state index < -0.39 is 36.3 Å². The zero-order valence-corrected chi connectivity index (χ0v) is 16.8. The Morgan fingerprint density at radius 2 is 1.36 bits per heavy atom. The lowest BCUT2D eigenvalue weighted by molar-refractivity contribution is 0.669. The number of para-hydroxylation sites is 3. The first-order valence-electron chi connectivity index (χ1n) is 15.3. The third-order valence-electron chi connectivity index (χ3n) is 6.08. The Balaban J connectivity index is 1.69. The molecule has 5 aromatic carbocycles. The van der Waals surface area contributed by atoms with E-state index in [2.05, 4.69) is 0 Å². The van der Waals surface area contributed by atoms with Gasteiger partial charge in [-0.25, -0.2) is 0 Å². The largest absolute Gasteiger partial charge is 0.456 e. The van der Waals surface area contributed by atoms with E-state index >= 15 is 0 Å². The van der Waals surface area contributed by atoms with E-state index in [4.69, 9.17) is 22.5 Å². The van der Waals surface area contributed by atoms with Crippen LogP contribution in [0.25, 0.3) is 71.4 Å². The maximum absolute atomic E-state index is 9.07. The monoisotopic (exact) mass is 433 g/mol. The highest BCUT2D eigenvalue weighted by molar-refractivity contribution is 6.21. The molecule has 0 aliphatic carbocycles. The van der Waals surface area contributed by atoms with E-state index in [0.717, 1.165) is 10.8 Å². The molecule has 0 N–H and O–H groups in total. The van der Waals surface area contributed by atoms with Gasteiger partial charge in [0.05, 0.1) is 24.7 Å². The molecule has 0 amide bonds. The first kappa shape index (κ1) is 10.4. The molecular weight excluding hydrogens is 406 g/mol. The predicted octanol–water partition coefficient (Wildman–Crippen LogP) is 8.58. The van der Waals surface area contributed by atoms with Gasteiger partial charge < -0.3 is 13.4 Å². The summed E-state index contributed by atoms with van der Waals surface area (Å²) in [5, 5.41) is 1.59. The van der Waals surface area contributed by atoms with Crippen molar-refractivity contribution in [3.63, 3.8) is 0 Å². The predicted molar refractivity (Wildman–Crippen MR) is 135 cm³/mol. The van der Waals surface area contributed by atoms with Crippen LogP contribution in [0.3, 0.4) is 0 Å². The van der Waals surface area contributed by atoms with E-state index in [-0.39, 0.29) is 67.9 Å². The summed E-state index contributed by atoms with van der Waals surface area (Å²) < 4.78 is 99.6. The second-order valence-electron chi connectivity index (χ2n) is 7.82. The smallest absolute Gasteiger partial charge is 0.160 e. The van der Waals surface area contributed by atoms with Crippen molar-refractivity contribution in [2.45, 2.75) is 0 Å². The highest BCUT2D eigenvalue weighted by atomic mass is 16.3. The lowest BCUT2D eigenvalue weighted by atomic mass is 10.1. The molecule has 8 rings (SSSR count).